The Hall–Kier alpha value is -1.59. The van der Waals surface area contributed by atoms with E-state index in [0.29, 0.717) is 25.7 Å². The lowest BCUT2D eigenvalue weighted by molar-refractivity contribution is -0.140. The van der Waals surface area contributed by atoms with Crippen molar-refractivity contribution in [3.05, 3.63) is 29.8 Å². The van der Waals surface area contributed by atoms with Gasteiger partial charge in [-0.15, -0.1) is 0 Å². The van der Waals surface area contributed by atoms with Crippen LogP contribution >= 0.6 is 0 Å². The normalized spacial score (nSPS) is 28.0. The number of amides is 1. The fraction of sp³-hybridized carbons (Fsp3) is 0.667. The number of nitrogens with zero attached hydrogens (tertiary/aromatic N) is 2. The molecule has 26 heavy (non-hydrogen) atoms. The SMILES string of the molecule is COc1ccc(CN2CCO[C@H]3CN(C4CCCC4)CC[C@H]3C2=O)cc1. The second-order valence-electron chi connectivity index (χ2n) is 7.85. The van der Waals surface area contributed by atoms with Crippen molar-refractivity contribution in [1.82, 2.24) is 9.80 Å². The zero-order valence-electron chi connectivity index (χ0n) is 15.7. The summed E-state index contributed by atoms with van der Waals surface area (Å²) in [6.07, 6.45) is 6.33. The van der Waals surface area contributed by atoms with Gasteiger partial charge >= 0.3 is 0 Å². The van der Waals surface area contributed by atoms with E-state index < -0.39 is 0 Å². The molecule has 1 aromatic rings. The highest BCUT2D eigenvalue weighted by molar-refractivity contribution is 5.80. The number of benzene rings is 1. The Labute approximate surface area is 156 Å². The first-order chi connectivity index (χ1) is 12.7. The molecule has 0 N–H and O–H groups in total. The Morgan fingerprint density at radius 3 is 2.62 bits per heavy atom. The monoisotopic (exact) mass is 358 g/mol. The summed E-state index contributed by atoms with van der Waals surface area (Å²) in [6.45, 7) is 3.94. The fourth-order valence-corrected chi connectivity index (χ4v) is 4.76. The highest BCUT2D eigenvalue weighted by Crippen LogP contribution is 2.31. The van der Waals surface area contributed by atoms with E-state index in [9.17, 15) is 4.79 Å². The molecular weight excluding hydrogens is 328 g/mol. The Kier molecular flexibility index (Phi) is 5.46. The van der Waals surface area contributed by atoms with Crippen LogP contribution in [0.4, 0.5) is 0 Å². The molecule has 5 heteroatoms. The first kappa shape index (κ1) is 17.8. The molecule has 142 valence electrons. The number of methoxy groups -OCH3 is 1. The zero-order valence-corrected chi connectivity index (χ0v) is 15.7. The molecule has 0 spiro atoms. The summed E-state index contributed by atoms with van der Waals surface area (Å²) in [5, 5.41) is 0. The quantitative estimate of drug-likeness (QED) is 0.830. The number of piperidine rings is 1. The van der Waals surface area contributed by atoms with Gasteiger partial charge in [0.2, 0.25) is 5.91 Å². The Morgan fingerprint density at radius 2 is 1.88 bits per heavy atom. The molecule has 2 saturated heterocycles. The van der Waals surface area contributed by atoms with Crippen molar-refractivity contribution in [2.24, 2.45) is 5.92 Å². The van der Waals surface area contributed by atoms with E-state index in [-0.39, 0.29) is 17.9 Å². The van der Waals surface area contributed by atoms with E-state index in [4.69, 9.17) is 9.47 Å². The average molecular weight is 358 g/mol. The minimum atomic E-state index is 0.0217. The van der Waals surface area contributed by atoms with Gasteiger partial charge in [0, 0.05) is 25.7 Å². The van der Waals surface area contributed by atoms with Gasteiger partial charge in [-0.3, -0.25) is 9.69 Å². The fourth-order valence-electron chi connectivity index (χ4n) is 4.76. The largest absolute Gasteiger partial charge is 0.497 e. The van der Waals surface area contributed by atoms with Crippen molar-refractivity contribution in [2.75, 3.05) is 33.4 Å². The molecule has 2 atom stereocenters. The maximum absolute atomic E-state index is 13.1. The maximum atomic E-state index is 13.1. The van der Waals surface area contributed by atoms with Gasteiger partial charge in [0.05, 0.1) is 25.7 Å². The molecular formula is C21H30N2O3. The summed E-state index contributed by atoms with van der Waals surface area (Å²) in [5.41, 5.74) is 1.14. The van der Waals surface area contributed by atoms with Crippen LogP contribution in [-0.2, 0) is 16.1 Å². The Balaban J connectivity index is 1.40. The van der Waals surface area contributed by atoms with Gasteiger partial charge in [0.1, 0.15) is 5.75 Å². The molecule has 3 aliphatic rings. The zero-order chi connectivity index (χ0) is 17.9. The second-order valence-corrected chi connectivity index (χ2v) is 7.85. The van der Waals surface area contributed by atoms with Crippen molar-refractivity contribution < 1.29 is 14.3 Å². The van der Waals surface area contributed by atoms with Gasteiger partial charge < -0.3 is 14.4 Å². The molecule has 0 unspecified atom stereocenters. The molecule has 5 nitrogen and oxygen atoms in total. The van der Waals surface area contributed by atoms with Crippen LogP contribution in [0.25, 0.3) is 0 Å². The topological polar surface area (TPSA) is 42.0 Å². The number of ether oxygens (including phenoxy) is 2. The van der Waals surface area contributed by atoms with Crippen LogP contribution in [0.1, 0.15) is 37.7 Å². The van der Waals surface area contributed by atoms with Crippen LogP contribution in [0.15, 0.2) is 24.3 Å². The molecule has 0 radical (unpaired) electrons. The highest BCUT2D eigenvalue weighted by Gasteiger charge is 2.40. The number of hydrogen-bond donors (Lipinski definition) is 0. The van der Waals surface area contributed by atoms with E-state index >= 15 is 0 Å². The van der Waals surface area contributed by atoms with Crippen LogP contribution in [0.5, 0.6) is 5.75 Å². The van der Waals surface area contributed by atoms with Crippen molar-refractivity contribution in [1.29, 1.82) is 0 Å². The van der Waals surface area contributed by atoms with E-state index in [0.717, 1.165) is 30.8 Å². The number of rotatable bonds is 4. The van der Waals surface area contributed by atoms with Crippen LogP contribution in [0.3, 0.4) is 0 Å². The number of carbonyl (C=O) groups excluding carboxylic acids is 1. The lowest BCUT2D eigenvalue weighted by Gasteiger charge is -2.40. The summed E-state index contributed by atoms with van der Waals surface area (Å²) >= 11 is 0. The van der Waals surface area contributed by atoms with E-state index in [1.54, 1.807) is 7.11 Å². The minimum absolute atomic E-state index is 0.0217. The summed E-state index contributed by atoms with van der Waals surface area (Å²) in [4.78, 5) is 17.7. The summed E-state index contributed by atoms with van der Waals surface area (Å²) < 4.78 is 11.4. The van der Waals surface area contributed by atoms with Crippen molar-refractivity contribution in [3.63, 3.8) is 0 Å². The highest BCUT2D eigenvalue weighted by atomic mass is 16.5. The first-order valence-corrected chi connectivity index (χ1v) is 10.0. The van der Waals surface area contributed by atoms with Gasteiger partial charge in [-0.2, -0.15) is 0 Å². The van der Waals surface area contributed by atoms with E-state index in [1.807, 2.05) is 29.2 Å². The Morgan fingerprint density at radius 1 is 1.12 bits per heavy atom. The lowest BCUT2D eigenvalue weighted by Crippen LogP contribution is -2.51. The molecule has 4 rings (SSSR count). The van der Waals surface area contributed by atoms with Crippen LogP contribution < -0.4 is 4.74 Å². The number of likely N-dealkylation sites (tertiary alicyclic amines) is 1. The van der Waals surface area contributed by atoms with Crippen molar-refractivity contribution >= 4 is 5.91 Å². The van der Waals surface area contributed by atoms with Gasteiger partial charge in [0.15, 0.2) is 0 Å². The molecule has 3 fully saturated rings. The van der Waals surface area contributed by atoms with Crippen molar-refractivity contribution in [2.45, 2.75) is 50.8 Å². The third kappa shape index (κ3) is 3.74. The molecule has 2 heterocycles. The lowest BCUT2D eigenvalue weighted by atomic mass is 9.91. The predicted molar refractivity (Wildman–Crippen MR) is 100 cm³/mol. The third-order valence-electron chi connectivity index (χ3n) is 6.29. The molecule has 1 aliphatic carbocycles. The molecule has 0 aromatic heterocycles. The number of fused-ring (bicyclic) bond motifs is 1. The molecule has 1 aromatic carbocycles. The number of hydrogen-bond acceptors (Lipinski definition) is 4. The van der Waals surface area contributed by atoms with Crippen LogP contribution in [0.2, 0.25) is 0 Å². The van der Waals surface area contributed by atoms with E-state index in [2.05, 4.69) is 4.90 Å². The predicted octanol–water partition coefficient (Wildman–Crippen LogP) is 2.69. The minimum Gasteiger partial charge on any atom is -0.497 e. The Bertz CT molecular complexity index is 612. The van der Waals surface area contributed by atoms with Gasteiger partial charge in [-0.1, -0.05) is 25.0 Å². The first-order valence-electron chi connectivity index (χ1n) is 10.0. The molecule has 1 saturated carbocycles. The summed E-state index contributed by atoms with van der Waals surface area (Å²) in [6, 6.07) is 8.71. The van der Waals surface area contributed by atoms with E-state index in [1.165, 1.54) is 25.7 Å². The second kappa shape index (κ2) is 7.97. The van der Waals surface area contributed by atoms with Crippen LogP contribution in [-0.4, -0.2) is 61.2 Å². The van der Waals surface area contributed by atoms with Gasteiger partial charge in [-0.25, -0.2) is 0 Å². The standard InChI is InChI=1S/C21H30N2O3/c1-25-18-8-6-16(7-9-18)14-23-12-13-26-20-15-22(17-4-2-3-5-17)11-10-19(20)21(23)24/h6-9,17,19-20H,2-5,10-15H2,1H3/t19-,20+/m1/s1. The summed E-state index contributed by atoms with van der Waals surface area (Å²) in [5.74, 6) is 1.14. The third-order valence-corrected chi connectivity index (χ3v) is 6.29. The van der Waals surface area contributed by atoms with Crippen molar-refractivity contribution in [3.8, 4) is 5.75 Å². The smallest absolute Gasteiger partial charge is 0.228 e. The molecule has 0 bridgehead atoms. The maximum Gasteiger partial charge on any atom is 0.228 e. The molecule has 2 aliphatic heterocycles. The van der Waals surface area contributed by atoms with Crippen LogP contribution in [0, 0.1) is 5.92 Å². The van der Waals surface area contributed by atoms with Gasteiger partial charge in [0.25, 0.3) is 0 Å². The average Bonchev–Trinajstić information content (AvgIpc) is 3.17. The summed E-state index contributed by atoms with van der Waals surface area (Å²) in [7, 11) is 1.67. The van der Waals surface area contributed by atoms with Gasteiger partial charge in [-0.05, 0) is 43.5 Å². The number of carbonyl (C=O) groups is 1. The molecule has 1 amide bonds.